The first-order valence-corrected chi connectivity index (χ1v) is 20.9. The van der Waals surface area contributed by atoms with Gasteiger partial charge < -0.3 is 23.4 Å². The van der Waals surface area contributed by atoms with E-state index in [1.54, 1.807) is 49.4 Å². The molecule has 4 aliphatic carbocycles. The lowest BCUT2D eigenvalue weighted by Crippen LogP contribution is -2.51. The van der Waals surface area contributed by atoms with Gasteiger partial charge in [-0.2, -0.15) is 0 Å². The van der Waals surface area contributed by atoms with E-state index in [0.29, 0.717) is 40.3 Å². The Kier molecular flexibility index (Phi) is 11.3. The van der Waals surface area contributed by atoms with Gasteiger partial charge in [0, 0.05) is 12.5 Å². The molecule has 3 fully saturated rings. The Hall–Kier alpha value is -3.74. The first-order valence-electron chi connectivity index (χ1n) is 20.9. The van der Waals surface area contributed by atoms with Crippen molar-refractivity contribution in [1.82, 2.24) is 0 Å². The fourth-order valence-corrected chi connectivity index (χ4v) is 11.5. The third-order valence-corrected chi connectivity index (χ3v) is 14.3. The van der Waals surface area contributed by atoms with E-state index in [-0.39, 0.29) is 35.3 Å². The van der Waals surface area contributed by atoms with Gasteiger partial charge in [-0.3, -0.25) is 4.79 Å². The lowest BCUT2D eigenvalue weighted by Gasteiger charge is -2.58. The minimum absolute atomic E-state index is 0.126. The zero-order valence-corrected chi connectivity index (χ0v) is 33.7. The lowest BCUT2D eigenvalue weighted by atomic mass is 9.47. The highest BCUT2D eigenvalue weighted by Crippen LogP contribution is 2.67. The molecule has 0 amide bonds. The summed E-state index contributed by atoms with van der Waals surface area (Å²) in [6.07, 6.45) is 16.0. The number of esters is 1. The molecule has 0 aliphatic heterocycles. The average Bonchev–Trinajstić information content (AvgIpc) is 3.50. The molecule has 0 saturated heterocycles. The van der Waals surface area contributed by atoms with Gasteiger partial charge in [-0.15, -0.1) is 0 Å². The Morgan fingerprint density at radius 3 is 2.43 bits per heavy atom. The van der Waals surface area contributed by atoms with Crippen LogP contribution in [0.2, 0.25) is 0 Å². The highest BCUT2D eigenvalue weighted by Gasteiger charge is 2.59. The summed E-state index contributed by atoms with van der Waals surface area (Å²) >= 11 is 0. The highest BCUT2D eigenvalue weighted by atomic mass is 16.6. The number of carbonyl (C=O) groups is 1. The SMILES string of the molecule is CCOc1ccc(Oc2c(C)oc3cc(OCC(=O)O[C@@H]4CC[C@@]5(C)C(=CC[C@@H]6[C@H]7CC[C@@H]([C@H](C)CCCC(C)C)[C@@]7(C)CC[C@H]65)C4)ccc3c2=O)cc1. The van der Waals surface area contributed by atoms with Gasteiger partial charge in [0.2, 0.25) is 11.2 Å². The number of hydrogen-bond donors (Lipinski definition) is 0. The summed E-state index contributed by atoms with van der Waals surface area (Å²) in [7, 11) is 0. The van der Waals surface area contributed by atoms with Crippen LogP contribution in [0, 0.1) is 53.3 Å². The largest absolute Gasteiger partial charge is 0.494 e. The second-order valence-electron chi connectivity index (χ2n) is 17.9. The molecule has 1 aromatic heterocycles. The number of rotatable bonds is 13. The van der Waals surface area contributed by atoms with Crippen LogP contribution in [0.3, 0.4) is 0 Å². The maximum absolute atomic E-state index is 13.3. The molecule has 1 heterocycles. The van der Waals surface area contributed by atoms with E-state index in [0.717, 1.165) is 60.5 Å². The van der Waals surface area contributed by atoms with E-state index in [4.69, 9.17) is 23.4 Å². The van der Waals surface area contributed by atoms with Crippen LogP contribution in [-0.2, 0) is 9.53 Å². The zero-order chi connectivity index (χ0) is 38.2. The predicted octanol–water partition coefficient (Wildman–Crippen LogP) is 11.6. The molecule has 7 nitrogen and oxygen atoms in total. The topological polar surface area (TPSA) is 84.2 Å². The zero-order valence-electron chi connectivity index (χ0n) is 33.7. The second kappa shape index (κ2) is 15.8. The van der Waals surface area contributed by atoms with Gasteiger partial charge in [-0.25, -0.2) is 4.79 Å². The van der Waals surface area contributed by atoms with E-state index in [1.165, 1.54) is 56.9 Å². The number of allylic oxidation sites excluding steroid dienone is 1. The molecule has 0 N–H and O–H groups in total. The molecule has 7 rings (SSSR count). The number of benzene rings is 2. The smallest absolute Gasteiger partial charge is 0.344 e. The lowest BCUT2D eigenvalue weighted by molar-refractivity contribution is -0.153. The molecule has 8 atom stereocenters. The van der Waals surface area contributed by atoms with Crippen molar-refractivity contribution in [3.8, 4) is 23.0 Å². The minimum atomic E-state index is -0.373. The van der Waals surface area contributed by atoms with E-state index in [1.807, 2.05) is 6.92 Å². The Balaban J connectivity index is 0.936. The van der Waals surface area contributed by atoms with Crippen LogP contribution < -0.4 is 19.6 Å². The molecule has 0 unspecified atom stereocenters. The van der Waals surface area contributed by atoms with Crippen LogP contribution in [0.5, 0.6) is 23.0 Å². The fraction of sp³-hybridized carbons (Fsp3) is 0.617. The summed E-state index contributed by atoms with van der Waals surface area (Å²) < 4.78 is 29.3. The molecular formula is C47H62O7. The maximum atomic E-state index is 13.3. The van der Waals surface area contributed by atoms with Crippen molar-refractivity contribution in [1.29, 1.82) is 0 Å². The number of hydrogen-bond acceptors (Lipinski definition) is 7. The molecule has 3 aromatic rings. The monoisotopic (exact) mass is 738 g/mol. The van der Waals surface area contributed by atoms with Crippen molar-refractivity contribution in [2.45, 2.75) is 125 Å². The number of ether oxygens (including phenoxy) is 4. The molecule has 54 heavy (non-hydrogen) atoms. The molecule has 0 radical (unpaired) electrons. The van der Waals surface area contributed by atoms with Crippen molar-refractivity contribution in [2.75, 3.05) is 13.2 Å². The first kappa shape index (κ1) is 38.5. The Bertz CT molecular complexity index is 1890. The van der Waals surface area contributed by atoms with Crippen LogP contribution >= 0.6 is 0 Å². The molecule has 4 aliphatic rings. The van der Waals surface area contributed by atoms with Gasteiger partial charge in [-0.1, -0.05) is 65.5 Å². The van der Waals surface area contributed by atoms with Gasteiger partial charge >= 0.3 is 5.97 Å². The van der Waals surface area contributed by atoms with Crippen molar-refractivity contribution in [3.63, 3.8) is 0 Å². The summed E-state index contributed by atoms with van der Waals surface area (Å²) in [5, 5.41) is 0.367. The van der Waals surface area contributed by atoms with Crippen LogP contribution in [0.15, 0.2) is 63.3 Å². The summed E-state index contributed by atoms with van der Waals surface area (Å²) in [5.41, 5.74) is 2.29. The van der Waals surface area contributed by atoms with Crippen molar-refractivity contribution in [2.24, 2.45) is 46.3 Å². The Morgan fingerprint density at radius 2 is 1.67 bits per heavy atom. The van der Waals surface area contributed by atoms with E-state index in [9.17, 15) is 9.59 Å². The second-order valence-corrected chi connectivity index (χ2v) is 17.9. The predicted molar refractivity (Wildman–Crippen MR) is 213 cm³/mol. The standard InChI is InChI=1S/C47H62O7/c1-8-50-33-13-15-34(16-14-33)54-45-31(5)52-42-27-35(17-19-38(42)44(45)49)51-28-43(48)53-36-22-24-46(6)32(26-36)12-18-37-40-21-20-39(30(4)11-9-10-29(2)3)47(40,7)25-23-41(37)46/h12-17,19,27,29-30,36-37,39-41H,8-11,18,20-26,28H2,1-7H3/t30-,36-,37-,39+,40-,41-,46+,47-/m1/s1. The van der Waals surface area contributed by atoms with Gasteiger partial charge in [0.1, 0.15) is 34.7 Å². The van der Waals surface area contributed by atoms with Gasteiger partial charge in [0.05, 0.1) is 12.0 Å². The molecule has 292 valence electrons. The van der Waals surface area contributed by atoms with E-state index < -0.39 is 0 Å². The number of carbonyl (C=O) groups excluding carboxylic acids is 1. The Morgan fingerprint density at radius 1 is 0.907 bits per heavy atom. The van der Waals surface area contributed by atoms with Crippen LogP contribution in [0.25, 0.3) is 11.0 Å². The first-order chi connectivity index (χ1) is 25.9. The van der Waals surface area contributed by atoms with E-state index >= 15 is 0 Å². The summed E-state index contributed by atoms with van der Waals surface area (Å²) in [4.78, 5) is 26.4. The van der Waals surface area contributed by atoms with Gasteiger partial charge in [-0.05, 0) is 142 Å². The van der Waals surface area contributed by atoms with Crippen molar-refractivity contribution >= 4 is 16.9 Å². The van der Waals surface area contributed by atoms with Gasteiger partial charge in [0.25, 0.3) is 0 Å². The average molecular weight is 739 g/mol. The van der Waals surface area contributed by atoms with Crippen LogP contribution in [0.1, 0.15) is 118 Å². The van der Waals surface area contributed by atoms with Crippen LogP contribution in [0.4, 0.5) is 0 Å². The number of fused-ring (bicyclic) bond motifs is 6. The molecule has 0 spiro atoms. The highest BCUT2D eigenvalue weighted by molar-refractivity contribution is 5.80. The molecule has 7 heteroatoms. The summed E-state index contributed by atoms with van der Waals surface area (Å²) in [6, 6.07) is 12.1. The Labute approximate surface area is 322 Å². The molecule has 0 bridgehead atoms. The van der Waals surface area contributed by atoms with Crippen LogP contribution in [-0.4, -0.2) is 25.3 Å². The fourth-order valence-electron chi connectivity index (χ4n) is 11.5. The van der Waals surface area contributed by atoms with Gasteiger partial charge in [0.15, 0.2) is 6.61 Å². The normalized spacial score (nSPS) is 29.5. The van der Waals surface area contributed by atoms with Crippen molar-refractivity contribution < 1.29 is 28.2 Å². The summed E-state index contributed by atoms with van der Waals surface area (Å²) in [6.45, 7) is 16.4. The molecule has 3 saturated carbocycles. The summed E-state index contributed by atoms with van der Waals surface area (Å²) in [5.74, 6) is 6.62. The third kappa shape index (κ3) is 7.58. The van der Waals surface area contributed by atoms with E-state index in [2.05, 4.69) is 40.7 Å². The minimum Gasteiger partial charge on any atom is -0.494 e. The number of aryl methyl sites for hydroxylation is 1. The maximum Gasteiger partial charge on any atom is 0.344 e. The quantitative estimate of drug-likeness (QED) is 0.127. The molecule has 2 aromatic carbocycles. The van der Waals surface area contributed by atoms with Crippen molar-refractivity contribution in [3.05, 3.63) is 70.1 Å². The third-order valence-electron chi connectivity index (χ3n) is 14.3. The molecular weight excluding hydrogens is 677 g/mol.